The van der Waals surface area contributed by atoms with Gasteiger partial charge in [0, 0.05) is 30.1 Å². The number of aliphatic carboxylic acids is 1. The first-order valence-corrected chi connectivity index (χ1v) is 6.49. The van der Waals surface area contributed by atoms with Crippen LogP contribution < -0.4 is 14.8 Å². The average molecular weight is 263 g/mol. The van der Waals surface area contributed by atoms with E-state index in [1.165, 1.54) is 0 Å². The summed E-state index contributed by atoms with van der Waals surface area (Å²) in [7, 11) is 1.64. The molecule has 0 radical (unpaired) electrons. The van der Waals surface area contributed by atoms with Gasteiger partial charge in [0.2, 0.25) is 0 Å². The number of fused-ring (bicyclic) bond motifs is 1. The van der Waals surface area contributed by atoms with Gasteiger partial charge in [-0.1, -0.05) is 0 Å². The fourth-order valence-corrected chi connectivity index (χ4v) is 2.83. The molecule has 5 heteroatoms. The predicted octanol–water partition coefficient (Wildman–Crippen LogP) is 1.37. The van der Waals surface area contributed by atoms with Gasteiger partial charge in [-0.3, -0.25) is 4.79 Å². The highest BCUT2D eigenvalue weighted by Gasteiger charge is 2.32. The molecule has 2 atom stereocenters. The van der Waals surface area contributed by atoms with E-state index in [0.29, 0.717) is 19.6 Å². The third-order valence-corrected chi connectivity index (χ3v) is 3.90. The Kier molecular flexibility index (Phi) is 3.06. The molecule has 2 aliphatic rings. The van der Waals surface area contributed by atoms with Crippen LogP contribution in [0.4, 0.5) is 0 Å². The van der Waals surface area contributed by atoms with Crippen molar-refractivity contribution in [2.75, 3.05) is 20.3 Å². The van der Waals surface area contributed by atoms with Crippen molar-refractivity contribution < 1.29 is 19.4 Å². The number of methoxy groups -OCH3 is 1. The molecule has 1 aromatic rings. The summed E-state index contributed by atoms with van der Waals surface area (Å²) >= 11 is 0. The number of carboxylic acids is 1. The van der Waals surface area contributed by atoms with E-state index in [1.807, 2.05) is 12.1 Å². The third kappa shape index (κ3) is 2.14. The Hall–Kier alpha value is -1.75. The van der Waals surface area contributed by atoms with Gasteiger partial charge in [-0.2, -0.15) is 0 Å². The topological polar surface area (TPSA) is 67.8 Å². The summed E-state index contributed by atoms with van der Waals surface area (Å²) in [6, 6.07) is 4.02. The standard InChI is InChI=1S/C14H17NO4/c1-18-13-5-8-2-3-19-12(8)6-10(13)11-4-9(7-15-11)14(16)17/h5-6,9,11,15H,2-4,7H2,1H3,(H,16,17). The Morgan fingerprint density at radius 2 is 2.37 bits per heavy atom. The normalized spacial score (nSPS) is 24.9. The van der Waals surface area contributed by atoms with Gasteiger partial charge in [-0.05, 0) is 18.6 Å². The fraction of sp³-hybridized carbons (Fsp3) is 0.500. The van der Waals surface area contributed by atoms with Crippen LogP contribution in [0.2, 0.25) is 0 Å². The Labute approximate surface area is 111 Å². The van der Waals surface area contributed by atoms with Crippen LogP contribution in [0, 0.1) is 5.92 Å². The highest BCUT2D eigenvalue weighted by Crippen LogP contribution is 2.39. The van der Waals surface area contributed by atoms with Crippen molar-refractivity contribution in [1.82, 2.24) is 5.32 Å². The molecule has 3 rings (SSSR count). The van der Waals surface area contributed by atoms with Crippen molar-refractivity contribution in [2.24, 2.45) is 5.92 Å². The molecular weight excluding hydrogens is 246 g/mol. The minimum Gasteiger partial charge on any atom is -0.496 e. The first-order valence-electron chi connectivity index (χ1n) is 6.49. The molecule has 2 N–H and O–H groups in total. The lowest BCUT2D eigenvalue weighted by Gasteiger charge is -2.16. The van der Waals surface area contributed by atoms with Crippen molar-refractivity contribution in [3.05, 3.63) is 23.3 Å². The summed E-state index contributed by atoms with van der Waals surface area (Å²) in [4.78, 5) is 11.0. The number of rotatable bonds is 3. The highest BCUT2D eigenvalue weighted by molar-refractivity contribution is 5.71. The maximum Gasteiger partial charge on any atom is 0.307 e. The summed E-state index contributed by atoms with van der Waals surface area (Å²) in [6.45, 7) is 1.21. The minimum absolute atomic E-state index is 0.0190. The van der Waals surface area contributed by atoms with E-state index in [-0.39, 0.29) is 12.0 Å². The van der Waals surface area contributed by atoms with Gasteiger partial charge >= 0.3 is 5.97 Å². The molecule has 0 aliphatic carbocycles. The second-order valence-corrected chi connectivity index (χ2v) is 5.03. The van der Waals surface area contributed by atoms with Crippen molar-refractivity contribution in [3.8, 4) is 11.5 Å². The Balaban J connectivity index is 1.90. The van der Waals surface area contributed by atoms with Crippen LogP contribution in [0.5, 0.6) is 11.5 Å². The van der Waals surface area contributed by atoms with Crippen molar-refractivity contribution in [2.45, 2.75) is 18.9 Å². The van der Waals surface area contributed by atoms with Crippen LogP contribution in [0.25, 0.3) is 0 Å². The largest absolute Gasteiger partial charge is 0.496 e. The van der Waals surface area contributed by atoms with Gasteiger partial charge in [-0.25, -0.2) is 0 Å². The Bertz CT molecular complexity index is 514. The van der Waals surface area contributed by atoms with Crippen molar-refractivity contribution in [1.29, 1.82) is 0 Å². The van der Waals surface area contributed by atoms with Crippen LogP contribution in [0.3, 0.4) is 0 Å². The van der Waals surface area contributed by atoms with Gasteiger partial charge in [0.15, 0.2) is 0 Å². The zero-order valence-electron chi connectivity index (χ0n) is 10.8. The van der Waals surface area contributed by atoms with Gasteiger partial charge < -0.3 is 19.9 Å². The van der Waals surface area contributed by atoms with E-state index in [9.17, 15) is 4.79 Å². The third-order valence-electron chi connectivity index (χ3n) is 3.90. The zero-order chi connectivity index (χ0) is 13.4. The maximum atomic E-state index is 11.0. The lowest BCUT2D eigenvalue weighted by molar-refractivity contribution is -0.141. The molecule has 19 heavy (non-hydrogen) atoms. The average Bonchev–Trinajstić information content (AvgIpc) is 3.05. The quantitative estimate of drug-likeness (QED) is 0.862. The number of nitrogens with one attached hydrogen (secondary N) is 1. The molecule has 1 fully saturated rings. The second kappa shape index (κ2) is 4.74. The Morgan fingerprint density at radius 3 is 3.05 bits per heavy atom. The molecule has 0 aromatic heterocycles. The van der Waals surface area contributed by atoms with Crippen LogP contribution in [-0.2, 0) is 11.2 Å². The molecule has 102 valence electrons. The number of ether oxygens (including phenoxy) is 2. The predicted molar refractivity (Wildman–Crippen MR) is 68.7 cm³/mol. The number of benzene rings is 1. The summed E-state index contributed by atoms with van der Waals surface area (Å²) in [6.07, 6.45) is 1.49. The van der Waals surface area contributed by atoms with E-state index in [4.69, 9.17) is 14.6 Å². The lowest BCUT2D eigenvalue weighted by atomic mass is 9.97. The van der Waals surface area contributed by atoms with E-state index < -0.39 is 5.97 Å². The molecule has 0 saturated carbocycles. The molecule has 0 bridgehead atoms. The molecular formula is C14H17NO4. The van der Waals surface area contributed by atoms with E-state index >= 15 is 0 Å². The highest BCUT2D eigenvalue weighted by atomic mass is 16.5. The van der Waals surface area contributed by atoms with E-state index in [0.717, 1.165) is 29.0 Å². The van der Waals surface area contributed by atoms with E-state index in [1.54, 1.807) is 7.11 Å². The summed E-state index contributed by atoms with van der Waals surface area (Å²) < 4.78 is 11.0. The van der Waals surface area contributed by atoms with Gasteiger partial charge in [-0.15, -0.1) is 0 Å². The minimum atomic E-state index is -0.744. The summed E-state index contributed by atoms with van der Waals surface area (Å²) in [5, 5.41) is 12.3. The SMILES string of the molecule is COc1cc2c(cc1C1CC(C(=O)O)CN1)OCC2. The summed E-state index contributed by atoms with van der Waals surface area (Å²) in [5.74, 6) is 0.638. The van der Waals surface area contributed by atoms with Gasteiger partial charge in [0.05, 0.1) is 19.6 Å². The van der Waals surface area contributed by atoms with Crippen LogP contribution in [0.15, 0.2) is 12.1 Å². The molecule has 2 unspecified atom stereocenters. The fourth-order valence-electron chi connectivity index (χ4n) is 2.83. The molecule has 0 spiro atoms. The molecule has 0 amide bonds. The molecule has 2 heterocycles. The lowest BCUT2D eigenvalue weighted by Crippen LogP contribution is -2.17. The molecule has 1 aromatic carbocycles. The zero-order valence-corrected chi connectivity index (χ0v) is 10.8. The first kappa shape index (κ1) is 12.3. The first-order chi connectivity index (χ1) is 9.19. The molecule has 5 nitrogen and oxygen atoms in total. The van der Waals surface area contributed by atoms with Gasteiger partial charge in [0.25, 0.3) is 0 Å². The van der Waals surface area contributed by atoms with Gasteiger partial charge in [0.1, 0.15) is 11.5 Å². The maximum absolute atomic E-state index is 11.0. The number of carbonyl (C=O) groups is 1. The van der Waals surface area contributed by atoms with Crippen molar-refractivity contribution >= 4 is 5.97 Å². The number of hydrogen-bond acceptors (Lipinski definition) is 4. The monoisotopic (exact) mass is 263 g/mol. The Morgan fingerprint density at radius 1 is 1.53 bits per heavy atom. The van der Waals surface area contributed by atoms with E-state index in [2.05, 4.69) is 5.32 Å². The van der Waals surface area contributed by atoms with Crippen molar-refractivity contribution in [3.63, 3.8) is 0 Å². The molecule has 2 aliphatic heterocycles. The van der Waals surface area contributed by atoms with Crippen LogP contribution >= 0.6 is 0 Å². The second-order valence-electron chi connectivity index (χ2n) is 5.03. The number of carboxylic acid groups (broad SMARTS) is 1. The summed E-state index contributed by atoms with van der Waals surface area (Å²) in [5.41, 5.74) is 2.15. The number of hydrogen-bond donors (Lipinski definition) is 2. The van der Waals surface area contributed by atoms with Crippen LogP contribution in [-0.4, -0.2) is 31.3 Å². The van der Waals surface area contributed by atoms with Crippen LogP contribution in [0.1, 0.15) is 23.6 Å². The smallest absolute Gasteiger partial charge is 0.307 e. The molecule has 1 saturated heterocycles.